The Bertz CT molecular complexity index is 452. The first-order valence-electron chi connectivity index (χ1n) is 5.16. The first-order chi connectivity index (χ1) is 8.10. The lowest BCUT2D eigenvalue weighted by atomic mass is 10.1. The molecule has 0 radical (unpaired) electrons. The molecule has 0 atom stereocenters. The van der Waals surface area contributed by atoms with Crippen molar-refractivity contribution in [3.63, 3.8) is 0 Å². The number of carbonyl (C=O) groups is 1. The molecule has 1 amide bonds. The van der Waals surface area contributed by atoms with Crippen LogP contribution in [0, 0.1) is 11.3 Å². The van der Waals surface area contributed by atoms with Crippen LogP contribution >= 0.6 is 0 Å². The second-order valence-electron chi connectivity index (χ2n) is 3.59. The Morgan fingerprint density at radius 3 is 2.88 bits per heavy atom. The van der Waals surface area contributed by atoms with Gasteiger partial charge in [0.25, 0.3) is 5.91 Å². The van der Waals surface area contributed by atoms with Gasteiger partial charge in [-0.05, 0) is 12.1 Å². The second kappa shape index (κ2) is 5.75. The van der Waals surface area contributed by atoms with Crippen LogP contribution in [-0.4, -0.2) is 31.5 Å². The molecule has 0 heterocycles. The molecule has 0 aliphatic heterocycles. The molecule has 1 rings (SSSR count). The van der Waals surface area contributed by atoms with Gasteiger partial charge in [0, 0.05) is 25.3 Å². The molecule has 0 aromatic heterocycles. The van der Waals surface area contributed by atoms with Crippen molar-refractivity contribution in [1.29, 1.82) is 5.26 Å². The standard InChI is InChI=1S/C12H15N3O2/c1-15(7-3-6-13)12(16)10-5-4-9(14)8-11(10)17-2/h4-5,8H,3,7,14H2,1-2H3. The van der Waals surface area contributed by atoms with Gasteiger partial charge in [0.05, 0.1) is 25.2 Å². The average molecular weight is 233 g/mol. The molecule has 1 aromatic carbocycles. The molecule has 0 aliphatic carbocycles. The van der Waals surface area contributed by atoms with Gasteiger partial charge in [-0.15, -0.1) is 0 Å². The molecule has 17 heavy (non-hydrogen) atoms. The number of methoxy groups -OCH3 is 1. The Balaban J connectivity index is 2.92. The van der Waals surface area contributed by atoms with Gasteiger partial charge < -0.3 is 15.4 Å². The van der Waals surface area contributed by atoms with Crippen LogP contribution in [0.3, 0.4) is 0 Å². The molecule has 5 heteroatoms. The maximum absolute atomic E-state index is 12.0. The maximum Gasteiger partial charge on any atom is 0.257 e. The van der Waals surface area contributed by atoms with E-state index >= 15 is 0 Å². The van der Waals surface area contributed by atoms with Crippen LogP contribution in [0.25, 0.3) is 0 Å². The fourth-order valence-electron chi connectivity index (χ4n) is 1.41. The highest BCUT2D eigenvalue weighted by atomic mass is 16.5. The summed E-state index contributed by atoms with van der Waals surface area (Å²) in [5.41, 5.74) is 6.60. The summed E-state index contributed by atoms with van der Waals surface area (Å²) in [6, 6.07) is 6.87. The molecule has 90 valence electrons. The molecule has 0 fully saturated rings. The normalized spacial score (nSPS) is 9.47. The summed E-state index contributed by atoms with van der Waals surface area (Å²) in [6.07, 6.45) is 0.305. The number of hydrogen-bond donors (Lipinski definition) is 1. The van der Waals surface area contributed by atoms with Crippen LogP contribution in [0.15, 0.2) is 18.2 Å². The van der Waals surface area contributed by atoms with Gasteiger partial charge in [-0.3, -0.25) is 4.79 Å². The molecule has 0 saturated carbocycles. The SMILES string of the molecule is COc1cc(N)ccc1C(=O)N(C)CCC#N. The van der Waals surface area contributed by atoms with E-state index in [4.69, 9.17) is 15.7 Å². The van der Waals surface area contributed by atoms with Gasteiger partial charge in [-0.2, -0.15) is 5.26 Å². The summed E-state index contributed by atoms with van der Waals surface area (Å²) >= 11 is 0. The summed E-state index contributed by atoms with van der Waals surface area (Å²) in [4.78, 5) is 13.5. The van der Waals surface area contributed by atoms with E-state index in [9.17, 15) is 4.79 Å². The third-order valence-electron chi connectivity index (χ3n) is 2.36. The minimum Gasteiger partial charge on any atom is -0.496 e. The first kappa shape index (κ1) is 12.8. The summed E-state index contributed by atoms with van der Waals surface area (Å²) in [7, 11) is 3.14. The lowest BCUT2D eigenvalue weighted by Crippen LogP contribution is -2.27. The van der Waals surface area contributed by atoms with Crippen LogP contribution < -0.4 is 10.5 Å². The Morgan fingerprint density at radius 2 is 2.29 bits per heavy atom. The number of amides is 1. The molecular formula is C12H15N3O2. The highest BCUT2D eigenvalue weighted by Crippen LogP contribution is 2.22. The molecule has 5 nitrogen and oxygen atoms in total. The minimum absolute atomic E-state index is 0.183. The highest BCUT2D eigenvalue weighted by molar-refractivity contribution is 5.97. The zero-order valence-corrected chi connectivity index (χ0v) is 9.93. The zero-order chi connectivity index (χ0) is 12.8. The van der Waals surface area contributed by atoms with Gasteiger partial charge in [0.2, 0.25) is 0 Å². The van der Waals surface area contributed by atoms with Gasteiger partial charge >= 0.3 is 0 Å². The van der Waals surface area contributed by atoms with Crippen molar-refractivity contribution in [2.75, 3.05) is 26.4 Å². The van der Waals surface area contributed by atoms with Crippen LogP contribution in [0.5, 0.6) is 5.75 Å². The largest absolute Gasteiger partial charge is 0.496 e. The molecule has 0 aliphatic rings. The van der Waals surface area contributed by atoms with E-state index in [0.29, 0.717) is 30.0 Å². The summed E-state index contributed by atoms with van der Waals surface area (Å²) in [6.45, 7) is 0.392. The summed E-state index contributed by atoms with van der Waals surface area (Å²) in [5.74, 6) is 0.260. The Hall–Kier alpha value is -2.22. The van der Waals surface area contributed by atoms with Crippen molar-refractivity contribution in [3.8, 4) is 11.8 Å². The van der Waals surface area contributed by atoms with E-state index in [1.807, 2.05) is 6.07 Å². The molecule has 0 unspecified atom stereocenters. The Kier molecular flexibility index (Phi) is 4.35. The van der Waals surface area contributed by atoms with Crippen molar-refractivity contribution >= 4 is 11.6 Å². The second-order valence-corrected chi connectivity index (χ2v) is 3.59. The highest BCUT2D eigenvalue weighted by Gasteiger charge is 2.16. The van der Waals surface area contributed by atoms with Crippen molar-refractivity contribution < 1.29 is 9.53 Å². The monoisotopic (exact) mass is 233 g/mol. The van der Waals surface area contributed by atoms with Gasteiger partial charge in [-0.25, -0.2) is 0 Å². The van der Waals surface area contributed by atoms with E-state index < -0.39 is 0 Å². The van der Waals surface area contributed by atoms with Crippen LogP contribution in [-0.2, 0) is 0 Å². The lowest BCUT2D eigenvalue weighted by Gasteiger charge is -2.17. The van der Waals surface area contributed by atoms with Crippen LogP contribution in [0.2, 0.25) is 0 Å². The molecule has 0 spiro atoms. The minimum atomic E-state index is -0.183. The van der Waals surface area contributed by atoms with Crippen LogP contribution in [0.4, 0.5) is 5.69 Å². The fourth-order valence-corrected chi connectivity index (χ4v) is 1.41. The first-order valence-corrected chi connectivity index (χ1v) is 5.16. The lowest BCUT2D eigenvalue weighted by molar-refractivity contribution is 0.0794. The number of nitrogens with two attached hydrogens (primary N) is 1. The van der Waals surface area contributed by atoms with Crippen molar-refractivity contribution in [2.24, 2.45) is 0 Å². The van der Waals surface area contributed by atoms with Gasteiger partial charge in [0.1, 0.15) is 5.75 Å². The maximum atomic E-state index is 12.0. The molecule has 0 bridgehead atoms. The number of nitriles is 1. The number of carbonyl (C=O) groups excluding carboxylic acids is 1. The molecule has 1 aromatic rings. The third kappa shape index (κ3) is 3.11. The van der Waals surface area contributed by atoms with Crippen molar-refractivity contribution in [1.82, 2.24) is 4.90 Å². The van der Waals surface area contributed by atoms with Gasteiger partial charge in [-0.1, -0.05) is 0 Å². The number of hydrogen-bond acceptors (Lipinski definition) is 4. The fraction of sp³-hybridized carbons (Fsp3) is 0.333. The van der Waals surface area contributed by atoms with Gasteiger partial charge in [0.15, 0.2) is 0 Å². The Morgan fingerprint density at radius 1 is 1.59 bits per heavy atom. The number of nitrogens with zero attached hydrogens (tertiary/aromatic N) is 2. The average Bonchev–Trinajstić information content (AvgIpc) is 2.34. The quantitative estimate of drug-likeness (QED) is 0.794. The summed E-state index contributed by atoms with van der Waals surface area (Å²) < 4.78 is 5.11. The van der Waals surface area contributed by atoms with E-state index in [2.05, 4.69) is 0 Å². The summed E-state index contributed by atoms with van der Waals surface area (Å²) in [5, 5.41) is 8.48. The zero-order valence-electron chi connectivity index (χ0n) is 9.93. The van der Waals surface area contributed by atoms with Crippen molar-refractivity contribution in [2.45, 2.75) is 6.42 Å². The number of ether oxygens (including phenoxy) is 1. The third-order valence-corrected chi connectivity index (χ3v) is 2.36. The molecular weight excluding hydrogens is 218 g/mol. The molecule has 0 saturated heterocycles. The molecule has 2 N–H and O–H groups in total. The Labute approximate surface area is 100 Å². The number of anilines is 1. The predicted molar refractivity (Wildman–Crippen MR) is 64.6 cm³/mol. The van der Waals surface area contributed by atoms with E-state index in [1.54, 1.807) is 25.2 Å². The van der Waals surface area contributed by atoms with E-state index in [-0.39, 0.29) is 5.91 Å². The van der Waals surface area contributed by atoms with Crippen molar-refractivity contribution in [3.05, 3.63) is 23.8 Å². The number of rotatable bonds is 4. The predicted octanol–water partition coefficient (Wildman–Crippen LogP) is 1.26. The van der Waals surface area contributed by atoms with E-state index in [0.717, 1.165) is 0 Å². The topological polar surface area (TPSA) is 79.3 Å². The number of benzene rings is 1. The number of nitrogen functional groups attached to an aromatic ring is 1. The smallest absolute Gasteiger partial charge is 0.257 e. The van der Waals surface area contributed by atoms with E-state index in [1.165, 1.54) is 12.0 Å². The van der Waals surface area contributed by atoms with Crippen LogP contribution in [0.1, 0.15) is 16.8 Å².